The fraction of sp³-hybridized carbons (Fsp3) is 0.0476. The largest absolute Gasteiger partial charge is 0.328 e. The first kappa shape index (κ1) is 29.0. The third kappa shape index (κ3) is 5.39. The number of hydrogen-bond donors (Lipinski definition) is 0. The molecule has 0 unspecified atom stereocenters. The molecule has 6 nitrogen and oxygen atoms in total. The number of rotatable bonds is 6. The highest BCUT2D eigenvalue weighted by Crippen LogP contribution is 2.30. The van der Waals surface area contributed by atoms with E-state index < -0.39 is 0 Å². The van der Waals surface area contributed by atoms with E-state index in [0.29, 0.717) is 17.5 Å². The summed E-state index contributed by atoms with van der Waals surface area (Å²) in [5, 5.41) is 0. The molecular formula is C42H31N5O. The van der Waals surface area contributed by atoms with Gasteiger partial charge in [0.2, 0.25) is 0 Å². The lowest BCUT2D eigenvalue weighted by Gasteiger charge is -2.10. The van der Waals surface area contributed by atoms with Gasteiger partial charge in [0, 0.05) is 30.8 Å². The van der Waals surface area contributed by atoms with Crippen LogP contribution in [0.3, 0.4) is 0 Å². The number of aromatic nitrogens is 5. The van der Waals surface area contributed by atoms with Gasteiger partial charge >= 0.3 is 5.69 Å². The van der Waals surface area contributed by atoms with Crippen molar-refractivity contribution in [3.63, 3.8) is 0 Å². The van der Waals surface area contributed by atoms with Gasteiger partial charge in [0.05, 0.1) is 11.0 Å². The second-order valence-corrected chi connectivity index (χ2v) is 11.9. The van der Waals surface area contributed by atoms with E-state index in [1.807, 2.05) is 61.6 Å². The molecule has 0 bridgehead atoms. The van der Waals surface area contributed by atoms with Crippen LogP contribution in [0, 0.1) is 0 Å². The summed E-state index contributed by atoms with van der Waals surface area (Å²) in [5.74, 6) is 1.89. The Labute approximate surface area is 278 Å². The van der Waals surface area contributed by atoms with E-state index in [2.05, 4.69) is 97.1 Å². The normalized spacial score (nSPS) is 11.2. The smallest absolute Gasteiger partial charge is 0.295 e. The average Bonchev–Trinajstić information content (AvgIpc) is 3.38. The maximum absolute atomic E-state index is 12.4. The van der Waals surface area contributed by atoms with Gasteiger partial charge in [-0.05, 0) is 45.5 Å². The van der Waals surface area contributed by atoms with Crippen molar-refractivity contribution in [1.29, 1.82) is 0 Å². The van der Waals surface area contributed by atoms with Crippen molar-refractivity contribution in [3.05, 3.63) is 162 Å². The summed E-state index contributed by atoms with van der Waals surface area (Å²) in [6.45, 7) is 0. The second kappa shape index (κ2) is 12.1. The molecule has 0 radical (unpaired) electrons. The van der Waals surface area contributed by atoms with Crippen LogP contribution in [0.4, 0.5) is 0 Å². The molecule has 6 heteroatoms. The van der Waals surface area contributed by atoms with Gasteiger partial charge in [-0.15, -0.1) is 0 Å². The quantitative estimate of drug-likeness (QED) is 0.186. The van der Waals surface area contributed by atoms with Gasteiger partial charge in [-0.2, -0.15) is 0 Å². The van der Waals surface area contributed by atoms with Gasteiger partial charge in [0.25, 0.3) is 0 Å². The third-order valence-corrected chi connectivity index (χ3v) is 8.88. The average molecular weight is 622 g/mol. The van der Waals surface area contributed by atoms with Crippen LogP contribution in [0.2, 0.25) is 0 Å². The zero-order valence-corrected chi connectivity index (χ0v) is 26.6. The van der Waals surface area contributed by atoms with Crippen molar-refractivity contribution in [2.75, 3.05) is 0 Å². The maximum Gasteiger partial charge on any atom is 0.328 e. The van der Waals surface area contributed by atoms with Crippen LogP contribution in [0.25, 0.3) is 78.6 Å². The Bertz CT molecular complexity index is 2450. The predicted molar refractivity (Wildman–Crippen MR) is 194 cm³/mol. The lowest BCUT2D eigenvalue weighted by Crippen LogP contribution is -2.19. The molecule has 48 heavy (non-hydrogen) atoms. The van der Waals surface area contributed by atoms with Crippen molar-refractivity contribution < 1.29 is 0 Å². The van der Waals surface area contributed by atoms with Gasteiger partial charge in [0.1, 0.15) is 0 Å². The molecule has 2 heterocycles. The SMILES string of the molecule is Cn1c(=O)n(C)c2cc(-c3ccc(-c4ccc(-c5nc(-c6ccccc6)nc(-c6ccc(-c7ccccc7)cc6)n5)cc4)cc3)ccc21. The van der Waals surface area contributed by atoms with Crippen LogP contribution in [-0.2, 0) is 14.1 Å². The molecule has 6 aromatic carbocycles. The Morgan fingerprint density at radius 1 is 0.354 bits per heavy atom. The lowest BCUT2D eigenvalue weighted by atomic mass is 9.99. The Morgan fingerprint density at radius 3 is 1.12 bits per heavy atom. The molecule has 0 N–H and O–H groups in total. The van der Waals surface area contributed by atoms with E-state index in [9.17, 15) is 4.79 Å². The van der Waals surface area contributed by atoms with Crippen molar-refractivity contribution in [3.8, 4) is 67.5 Å². The van der Waals surface area contributed by atoms with Crippen LogP contribution in [0.15, 0.2) is 156 Å². The fourth-order valence-electron chi connectivity index (χ4n) is 6.15. The van der Waals surface area contributed by atoms with E-state index in [1.54, 1.807) is 16.2 Å². The van der Waals surface area contributed by atoms with Gasteiger partial charge in [-0.1, -0.05) is 140 Å². The molecule has 0 amide bonds. The molecule has 0 aliphatic rings. The Morgan fingerprint density at radius 2 is 0.667 bits per heavy atom. The Balaban J connectivity index is 1.10. The predicted octanol–water partition coefficient (Wildman–Crippen LogP) is 9.06. The number of hydrogen-bond acceptors (Lipinski definition) is 4. The monoisotopic (exact) mass is 621 g/mol. The minimum Gasteiger partial charge on any atom is -0.295 e. The summed E-state index contributed by atoms with van der Waals surface area (Å²) >= 11 is 0. The summed E-state index contributed by atoms with van der Waals surface area (Å²) in [6.07, 6.45) is 0. The van der Waals surface area contributed by atoms with Crippen LogP contribution in [0.1, 0.15) is 0 Å². The van der Waals surface area contributed by atoms with E-state index in [1.165, 1.54) is 5.56 Å². The zero-order valence-electron chi connectivity index (χ0n) is 26.6. The number of nitrogens with zero attached hydrogens (tertiary/aromatic N) is 5. The summed E-state index contributed by atoms with van der Waals surface area (Å²) in [7, 11) is 3.61. The van der Waals surface area contributed by atoms with Crippen molar-refractivity contribution in [1.82, 2.24) is 24.1 Å². The summed E-state index contributed by atoms with van der Waals surface area (Å²) in [4.78, 5) is 27.1. The highest BCUT2D eigenvalue weighted by atomic mass is 16.1. The number of aryl methyl sites for hydroxylation is 2. The molecule has 2 aromatic heterocycles. The molecule has 0 aliphatic heterocycles. The Hall–Kier alpha value is -6.40. The topological polar surface area (TPSA) is 65.6 Å². The van der Waals surface area contributed by atoms with E-state index >= 15 is 0 Å². The summed E-state index contributed by atoms with van der Waals surface area (Å²) in [5.41, 5.74) is 11.3. The van der Waals surface area contributed by atoms with Gasteiger partial charge < -0.3 is 0 Å². The molecule has 230 valence electrons. The minimum absolute atomic E-state index is 0.0249. The first-order valence-electron chi connectivity index (χ1n) is 15.9. The molecular weight excluding hydrogens is 590 g/mol. The highest BCUT2D eigenvalue weighted by molar-refractivity contribution is 5.83. The molecule has 0 fully saturated rings. The first-order valence-corrected chi connectivity index (χ1v) is 15.9. The molecule has 0 saturated carbocycles. The maximum atomic E-state index is 12.4. The van der Waals surface area contributed by atoms with Crippen LogP contribution in [0.5, 0.6) is 0 Å². The molecule has 0 atom stereocenters. The molecule has 0 spiro atoms. The number of fused-ring (bicyclic) bond motifs is 1. The molecule has 8 aromatic rings. The van der Waals surface area contributed by atoms with Crippen molar-refractivity contribution >= 4 is 11.0 Å². The molecule has 8 rings (SSSR count). The van der Waals surface area contributed by atoms with Gasteiger partial charge in [-0.25, -0.2) is 19.7 Å². The van der Waals surface area contributed by atoms with E-state index in [-0.39, 0.29) is 5.69 Å². The van der Waals surface area contributed by atoms with E-state index in [4.69, 9.17) is 15.0 Å². The molecule has 0 aliphatic carbocycles. The van der Waals surface area contributed by atoms with E-state index in [0.717, 1.165) is 55.5 Å². The minimum atomic E-state index is -0.0249. The van der Waals surface area contributed by atoms with Gasteiger partial charge in [-0.3, -0.25) is 9.13 Å². The zero-order chi connectivity index (χ0) is 32.6. The first-order chi connectivity index (χ1) is 23.5. The summed E-state index contributed by atoms with van der Waals surface area (Å²) in [6, 6.07) is 51.7. The third-order valence-electron chi connectivity index (χ3n) is 8.88. The van der Waals surface area contributed by atoms with Crippen LogP contribution in [-0.4, -0.2) is 24.1 Å². The fourth-order valence-corrected chi connectivity index (χ4v) is 6.15. The summed E-state index contributed by atoms with van der Waals surface area (Å²) < 4.78 is 3.37. The van der Waals surface area contributed by atoms with Crippen LogP contribution < -0.4 is 5.69 Å². The second-order valence-electron chi connectivity index (χ2n) is 11.9. The number of benzene rings is 6. The molecule has 0 saturated heterocycles. The van der Waals surface area contributed by atoms with Crippen molar-refractivity contribution in [2.45, 2.75) is 0 Å². The standard InChI is InChI=1S/C42H31N5O/c1-46-37-26-25-36(27-38(37)47(2)42(46)48)32-15-13-30(14-16-32)31-19-23-35(24-20-31)41-44-39(33-11-7-4-8-12-33)43-40(45-41)34-21-17-29(18-22-34)28-9-5-3-6-10-28/h3-27H,1-2H3. The highest BCUT2D eigenvalue weighted by Gasteiger charge is 2.13. The van der Waals surface area contributed by atoms with Crippen LogP contribution >= 0.6 is 0 Å². The van der Waals surface area contributed by atoms with Gasteiger partial charge in [0.15, 0.2) is 17.5 Å². The van der Waals surface area contributed by atoms with Crippen molar-refractivity contribution in [2.24, 2.45) is 14.1 Å². The number of imidazole rings is 1. The Kier molecular flexibility index (Phi) is 7.31. The lowest BCUT2D eigenvalue weighted by molar-refractivity contribution is 0.795.